The average Bonchev–Trinajstić information content (AvgIpc) is 3.04. The number of alkyl halides is 2. The first kappa shape index (κ1) is 21.1. The molecule has 2 rings (SSSR count). The molecule has 152 valence electrons. The van der Waals surface area contributed by atoms with Crippen molar-refractivity contribution in [3.8, 4) is 0 Å². The summed E-state index contributed by atoms with van der Waals surface area (Å²) in [6, 6.07) is 0. The molecule has 27 heavy (non-hydrogen) atoms. The maximum Gasteiger partial charge on any atom is 0.410 e. The van der Waals surface area contributed by atoms with Gasteiger partial charge in [0.15, 0.2) is 0 Å². The molecule has 0 aromatic carbocycles. The molecule has 2 aliphatic heterocycles. The first-order valence-electron chi connectivity index (χ1n) is 9.02. The maximum absolute atomic E-state index is 15.0. The number of halogens is 2. The lowest BCUT2D eigenvalue weighted by atomic mass is 9.98. The van der Waals surface area contributed by atoms with Crippen LogP contribution in [0.25, 0.3) is 0 Å². The molecule has 2 heterocycles. The number of esters is 1. The van der Waals surface area contributed by atoms with Crippen LogP contribution in [0.5, 0.6) is 0 Å². The summed E-state index contributed by atoms with van der Waals surface area (Å²) in [5, 5.41) is 0. The monoisotopic (exact) mass is 388 g/mol. The summed E-state index contributed by atoms with van der Waals surface area (Å²) in [5.74, 6) is -5.82. The molecule has 9 heteroatoms. The maximum atomic E-state index is 15.0. The van der Waals surface area contributed by atoms with Gasteiger partial charge in [0.05, 0.1) is 31.0 Å². The third kappa shape index (κ3) is 4.95. The highest BCUT2D eigenvalue weighted by Crippen LogP contribution is 2.37. The van der Waals surface area contributed by atoms with E-state index in [-0.39, 0.29) is 6.61 Å². The van der Waals surface area contributed by atoms with Crippen LogP contribution in [0, 0.1) is 0 Å². The lowest BCUT2D eigenvalue weighted by Gasteiger charge is -2.39. The first-order valence-corrected chi connectivity index (χ1v) is 9.02. The zero-order valence-corrected chi connectivity index (χ0v) is 16.1. The van der Waals surface area contributed by atoms with E-state index < -0.39 is 53.7 Å². The number of hydrogen-bond donors (Lipinski definition) is 0. The number of ketones is 1. The van der Waals surface area contributed by atoms with Gasteiger partial charge in [0.25, 0.3) is 5.78 Å². The van der Waals surface area contributed by atoms with Crippen LogP contribution in [0.1, 0.15) is 40.5 Å². The number of Topliss-reactive ketones (excluding diaryl/α,β-unsaturated/α-hetero) is 1. The summed E-state index contributed by atoms with van der Waals surface area (Å²) in [7, 11) is 0. The second-order valence-electron chi connectivity index (χ2n) is 7.61. The number of rotatable bonds is 4. The Balaban J connectivity index is 2.42. The van der Waals surface area contributed by atoms with Crippen molar-refractivity contribution in [3.05, 3.63) is 11.3 Å². The Morgan fingerprint density at radius 3 is 2.26 bits per heavy atom. The fourth-order valence-electron chi connectivity index (χ4n) is 3.17. The van der Waals surface area contributed by atoms with Crippen LogP contribution in [-0.2, 0) is 19.1 Å². The number of hydrogen-bond acceptors (Lipinski definition) is 6. The van der Waals surface area contributed by atoms with Gasteiger partial charge in [-0.1, -0.05) is 0 Å². The highest BCUT2D eigenvalue weighted by molar-refractivity contribution is 6.40. The van der Waals surface area contributed by atoms with Crippen molar-refractivity contribution in [3.63, 3.8) is 0 Å². The molecule has 0 aliphatic carbocycles. The van der Waals surface area contributed by atoms with E-state index >= 15 is 0 Å². The minimum atomic E-state index is -3.48. The fourth-order valence-corrected chi connectivity index (χ4v) is 3.17. The fraction of sp³-hybridized carbons (Fsp3) is 0.722. The second-order valence-corrected chi connectivity index (χ2v) is 7.61. The van der Waals surface area contributed by atoms with Crippen LogP contribution < -0.4 is 0 Å². The normalized spacial score (nSPS) is 19.9. The molecule has 1 amide bonds. The second kappa shape index (κ2) is 7.82. The molecule has 0 aromatic rings. The molecule has 1 saturated heterocycles. The molecule has 0 saturated carbocycles. The van der Waals surface area contributed by atoms with Gasteiger partial charge < -0.3 is 14.4 Å². The largest absolute Gasteiger partial charge is 0.460 e. The van der Waals surface area contributed by atoms with Crippen LogP contribution in [0.3, 0.4) is 0 Å². The Morgan fingerprint density at radius 2 is 1.74 bits per heavy atom. The molecule has 0 spiro atoms. The van der Waals surface area contributed by atoms with Gasteiger partial charge >= 0.3 is 18.0 Å². The van der Waals surface area contributed by atoms with E-state index in [9.17, 15) is 23.2 Å². The van der Waals surface area contributed by atoms with Crippen molar-refractivity contribution in [2.75, 3.05) is 32.8 Å². The lowest BCUT2D eigenvalue weighted by molar-refractivity contribution is -0.152. The van der Waals surface area contributed by atoms with Crippen LogP contribution in [0.4, 0.5) is 13.6 Å². The molecule has 0 unspecified atom stereocenters. The Labute approximate surface area is 157 Å². The van der Waals surface area contributed by atoms with Gasteiger partial charge in [0, 0.05) is 13.1 Å². The van der Waals surface area contributed by atoms with Crippen molar-refractivity contribution in [1.29, 1.82) is 0 Å². The van der Waals surface area contributed by atoms with E-state index in [2.05, 4.69) is 0 Å². The molecule has 0 N–H and O–H groups in total. The summed E-state index contributed by atoms with van der Waals surface area (Å²) < 4.78 is 39.8. The molecule has 0 atom stereocenters. The van der Waals surface area contributed by atoms with Crippen LogP contribution in [0.2, 0.25) is 0 Å². The third-order valence-electron chi connectivity index (χ3n) is 4.18. The van der Waals surface area contributed by atoms with Gasteiger partial charge in [-0.3, -0.25) is 9.69 Å². The highest BCUT2D eigenvalue weighted by Gasteiger charge is 2.50. The smallest absolute Gasteiger partial charge is 0.410 e. The Hall–Kier alpha value is -2.19. The molecule has 0 radical (unpaired) electrons. The van der Waals surface area contributed by atoms with Crippen molar-refractivity contribution in [2.24, 2.45) is 0 Å². The predicted molar refractivity (Wildman–Crippen MR) is 92.2 cm³/mol. The highest BCUT2D eigenvalue weighted by atomic mass is 19.3. The Morgan fingerprint density at radius 1 is 1.15 bits per heavy atom. The van der Waals surface area contributed by atoms with E-state index in [1.165, 1.54) is 11.8 Å². The summed E-state index contributed by atoms with van der Waals surface area (Å²) in [4.78, 5) is 38.9. The minimum absolute atomic E-state index is 0.0525. The number of likely N-dealkylation sites (tertiary alicyclic amines) is 1. The average molecular weight is 388 g/mol. The first-order chi connectivity index (χ1) is 12.5. The number of amides is 1. The lowest BCUT2D eigenvalue weighted by Crippen LogP contribution is -2.53. The molecule has 0 aromatic heterocycles. The van der Waals surface area contributed by atoms with Gasteiger partial charge in [-0.25, -0.2) is 9.59 Å². The minimum Gasteiger partial charge on any atom is -0.460 e. The van der Waals surface area contributed by atoms with Crippen LogP contribution in [-0.4, -0.2) is 72.0 Å². The van der Waals surface area contributed by atoms with E-state index in [1.807, 2.05) is 0 Å². The number of carbonyl (C=O) groups is 3. The van der Waals surface area contributed by atoms with Crippen molar-refractivity contribution >= 4 is 17.8 Å². The van der Waals surface area contributed by atoms with E-state index in [4.69, 9.17) is 9.47 Å². The molecule has 0 bridgehead atoms. The summed E-state index contributed by atoms with van der Waals surface area (Å²) in [6.45, 7) is 5.72. The van der Waals surface area contributed by atoms with Crippen LogP contribution in [0.15, 0.2) is 11.3 Å². The third-order valence-corrected chi connectivity index (χ3v) is 4.18. The molecule has 7 nitrogen and oxygen atoms in total. The van der Waals surface area contributed by atoms with E-state index in [1.54, 1.807) is 20.8 Å². The molecular weight excluding hydrogens is 362 g/mol. The van der Waals surface area contributed by atoms with Gasteiger partial charge in [-0.05, 0) is 40.5 Å². The summed E-state index contributed by atoms with van der Waals surface area (Å²) in [6.07, 6.45) is 0.476. The zero-order chi connectivity index (χ0) is 20.4. The molecule has 1 fully saturated rings. The van der Waals surface area contributed by atoms with Crippen molar-refractivity contribution in [1.82, 2.24) is 9.80 Å². The number of nitrogens with zero attached hydrogens (tertiary/aromatic N) is 2. The van der Waals surface area contributed by atoms with Crippen molar-refractivity contribution < 1.29 is 32.6 Å². The van der Waals surface area contributed by atoms with E-state index in [0.717, 1.165) is 17.7 Å². The number of ether oxygens (including phenoxy) is 2. The van der Waals surface area contributed by atoms with Gasteiger partial charge in [-0.2, -0.15) is 8.78 Å². The van der Waals surface area contributed by atoms with Gasteiger partial charge in [0.1, 0.15) is 5.60 Å². The topological polar surface area (TPSA) is 76.2 Å². The molecular formula is C18H26F2N2O5. The van der Waals surface area contributed by atoms with Crippen molar-refractivity contribution in [2.45, 2.75) is 52.1 Å². The van der Waals surface area contributed by atoms with E-state index in [0.29, 0.717) is 13.1 Å². The standard InChI is InChI=1S/C18H26F2N2O5/c1-5-26-15(24)13(23)12-10-22(16(25)27-17(2,3)4)11-18(19,20)14(12)21-8-6-7-9-21/h5-11H2,1-4H3. The Kier molecular flexibility index (Phi) is 6.11. The van der Waals surface area contributed by atoms with Gasteiger partial charge in [0.2, 0.25) is 0 Å². The SMILES string of the molecule is CCOC(=O)C(=O)C1=C(N2CCCC2)C(F)(F)CN(C(=O)OC(C)(C)C)C1. The Bertz CT molecular complexity index is 649. The van der Waals surface area contributed by atoms with Gasteiger partial charge in [-0.15, -0.1) is 0 Å². The zero-order valence-electron chi connectivity index (χ0n) is 16.1. The summed E-state index contributed by atoms with van der Waals surface area (Å²) >= 11 is 0. The molecule has 2 aliphatic rings. The van der Waals surface area contributed by atoms with Crippen LogP contribution >= 0.6 is 0 Å². The summed E-state index contributed by atoms with van der Waals surface area (Å²) in [5.41, 5.74) is -1.76. The number of carbonyl (C=O) groups excluding carboxylic acids is 3. The predicted octanol–water partition coefficient (Wildman–Crippen LogP) is 2.35. The quantitative estimate of drug-likeness (QED) is 0.544.